The fourth-order valence-corrected chi connectivity index (χ4v) is 3.53. The molecule has 0 aliphatic carbocycles. The molecule has 0 bridgehead atoms. The fraction of sp³-hybridized carbons (Fsp3) is 0.556. The van der Waals surface area contributed by atoms with Crippen molar-refractivity contribution in [3.05, 3.63) is 29.8 Å². The Hall–Kier alpha value is -1.84. The summed E-state index contributed by atoms with van der Waals surface area (Å²) in [6.45, 7) is 5.85. The molecule has 1 aromatic carbocycles. The van der Waals surface area contributed by atoms with E-state index in [0.29, 0.717) is 5.92 Å². The van der Waals surface area contributed by atoms with Gasteiger partial charge in [-0.05, 0) is 43.7 Å². The molecule has 2 aliphatic heterocycles. The number of carbonyl (C=O) groups is 2. The third kappa shape index (κ3) is 2.87. The zero-order valence-corrected chi connectivity index (χ0v) is 13.4. The summed E-state index contributed by atoms with van der Waals surface area (Å²) in [6, 6.07) is 8.13. The third-order valence-corrected chi connectivity index (χ3v) is 4.91. The van der Waals surface area contributed by atoms with Gasteiger partial charge in [-0.3, -0.25) is 9.59 Å². The highest BCUT2D eigenvalue weighted by molar-refractivity contribution is 6.06. The van der Waals surface area contributed by atoms with Crippen LogP contribution in [0.1, 0.15) is 38.7 Å². The molecule has 1 saturated heterocycles. The van der Waals surface area contributed by atoms with Crippen LogP contribution in [-0.4, -0.2) is 35.8 Å². The highest BCUT2D eigenvalue weighted by Gasteiger charge is 2.32. The second-order valence-corrected chi connectivity index (χ2v) is 6.69. The highest BCUT2D eigenvalue weighted by Crippen LogP contribution is 2.32. The summed E-state index contributed by atoms with van der Waals surface area (Å²) in [7, 11) is 0. The summed E-state index contributed by atoms with van der Waals surface area (Å²) in [4.78, 5) is 28.6. The van der Waals surface area contributed by atoms with Crippen LogP contribution in [0.15, 0.2) is 24.3 Å². The van der Waals surface area contributed by atoms with Crippen molar-refractivity contribution in [1.29, 1.82) is 0 Å². The van der Waals surface area contributed by atoms with Gasteiger partial charge in [0.25, 0.3) is 0 Å². The van der Waals surface area contributed by atoms with E-state index < -0.39 is 0 Å². The van der Waals surface area contributed by atoms with Crippen molar-refractivity contribution < 1.29 is 9.59 Å². The van der Waals surface area contributed by atoms with Crippen molar-refractivity contribution in [3.63, 3.8) is 0 Å². The molecule has 4 nitrogen and oxygen atoms in total. The SMILES string of the molecule is CC1CCN(C(=O)CC(=O)N2c3ccccc3CC2C)CC1. The lowest BCUT2D eigenvalue weighted by Crippen LogP contribution is -2.43. The largest absolute Gasteiger partial charge is 0.342 e. The van der Waals surface area contributed by atoms with Gasteiger partial charge in [-0.1, -0.05) is 25.1 Å². The van der Waals surface area contributed by atoms with Crippen molar-refractivity contribution in [3.8, 4) is 0 Å². The van der Waals surface area contributed by atoms with E-state index in [0.717, 1.165) is 38.0 Å². The Morgan fingerprint density at radius 1 is 1.09 bits per heavy atom. The Kier molecular flexibility index (Phi) is 4.19. The van der Waals surface area contributed by atoms with Gasteiger partial charge < -0.3 is 9.80 Å². The average molecular weight is 300 g/mol. The summed E-state index contributed by atoms with van der Waals surface area (Å²) in [6.07, 6.45) is 2.95. The number of nitrogens with zero attached hydrogens (tertiary/aromatic N) is 2. The molecular weight excluding hydrogens is 276 g/mol. The van der Waals surface area contributed by atoms with Crippen molar-refractivity contribution in [2.24, 2.45) is 5.92 Å². The molecule has 1 unspecified atom stereocenters. The number of amides is 2. The first-order valence-corrected chi connectivity index (χ1v) is 8.24. The molecule has 0 saturated carbocycles. The summed E-state index contributed by atoms with van der Waals surface area (Å²) >= 11 is 0. The van der Waals surface area contributed by atoms with Gasteiger partial charge in [-0.25, -0.2) is 0 Å². The van der Waals surface area contributed by atoms with Crippen LogP contribution in [0.2, 0.25) is 0 Å². The van der Waals surface area contributed by atoms with E-state index in [2.05, 4.69) is 13.0 Å². The standard InChI is InChI=1S/C18H24N2O2/c1-13-7-9-19(10-8-13)17(21)12-18(22)20-14(2)11-15-5-3-4-6-16(15)20/h3-6,13-14H,7-12H2,1-2H3. The zero-order chi connectivity index (χ0) is 15.7. The second-order valence-electron chi connectivity index (χ2n) is 6.69. The van der Waals surface area contributed by atoms with E-state index in [-0.39, 0.29) is 24.3 Å². The van der Waals surface area contributed by atoms with Gasteiger partial charge in [0.1, 0.15) is 6.42 Å². The van der Waals surface area contributed by atoms with Gasteiger partial charge in [-0.15, -0.1) is 0 Å². The van der Waals surface area contributed by atoms with Crippen LogP contribution in [0, 0.1) is 5.92 Å². The first-order valence-electron chi connectivity index (χ1n) is 8.24. The Morgan fingerprint density at radius 2 is 1.77 bits per heavy atom. The van der Waals surface area contributed by atoms with Gasteiger partial charge in [0, 0.05) is 24.8 Å². The monoisotopic (exact) mass is 300 g/mol. The molecule has 0 aromatic heterocycles. The van der Waals surface area contributed by atoms with Crippen molar-refractivity contribution in [2.45, 2.75) is 45.6 Å². The number of benzene rings is 1. The van der Waals surface area contributed by atoms with Gasteiger partial charge in [0.15, 0.2) is 0 Å². The molecule has 1 aromatic rings. The van der Waals surface area contributed by atoms with E-state index in [1.165, 1.54) is 5.56 Å². The molecular formula is C18H24N2O2. The summed E-state index contributed by atoms with van der Waals surface area (Å²) in [5, 5.41) is 0. The predicted octanol–water partition coefficient (Wildman–Crippen LogP) is 2.61. The number of hydrogen-bond acceptors (Lipinski definition) is 2. The number of piperidine rings is 1. The predicted molar refractivity (Wildman–Crippen MR) is 86.7 cm³/mol. The van der Waals surface area contributed by atoms with E-state index in [1.807, 2.05) is 30.0 Å². The maximum Gasteiger partial charge on any atom is 0.236 e. The Balaban J connectivity index is 1.66. The molecule has 0 spiro atoms. The lowest BCUT2D eigenvalue weighted by molar-refractivity contribution is -0.136. The number of hydrogen-bond donors (Lipinski definition) is 0. The molecule has 118 valence electrons. The highest BCUT2D eigenvalue weighted by atomic mass is 16.2. The molecule has 2 heterocycles. The first kappa shape index (κ1) is 15.1. The van der Waals surface area contributed by atoms with E-state index in [9.17, 15) is 9.59 Å². The van der Waals surface area contributed by atoms with Crippen LogP contribution in [0.3, 0.4) is 0 Å². The summed E-state index contributed by atoms with van der Waals surface area (Å²) < 4.78 is 0. The molecule has 3 rings (SSSR count). The Morgan fingerprint density at radius 3 is 2.50 bits per heavy atom. The number of rotatable bonds is 2. The van der Waals surface area contributed by atoms with Crippen molar-refractivity contribution >= 4 is 17.5 Å². The lowest BCUT2D eigenvalue weighted by Gasteiger charge is -2.31. The van der Waals surface area contributed by atoms with Gasteiger partial charge >= 0.3 is 0 Å². The van der Waals surface area contributed by atoms with Crippen LogP contribution in [0.25, 0.3) is 0 Å². The molecule has 2 aliphatic rings. The zero-order valence-electron chi connectivity index (χ0n) is 13.4. The normalized spacial score (nSPS) is 21.8. The molecule has 0 radical (unpaired) electrons. The molecule has 4 heteroatoms. The minimum Gasteiger partial charge on any atom is -0.342 e. The topological polar surface area (TPSA) is 40.6 Å². The number of para-hydroxylation sites is 1. The number of likely N-dealkylation sites (tertiary alicyclic amines) is 1. The van der Waals surface area contributed by atoms with Crippen LogP contribution in [0.5, 0.6) is 0 Å². The van der Waals surface area contributed by atoms with Gasteiger partial charge in [0.05, 0.1) is 0 Å². The van der Waals surface area contributed by atoms with Crippen LogP contribution >= 0.6 is 0 Å². The number of fused-ring (bicyclic) bond motifs is 1. The van der Waals surface area contributed by atoms with Crippen molar-refractivity contribution in [1.82, 2.24) is 4.90 Å². The summed E-state index contributed by atoms with van der Waals surface area (Å²) in [5.74, 6) is 0.597. The van der Waals surface area contributed by atoms with Gasteiger partial charge in [-0.2, -0.15) is 0 Å². The summed E-state index contributed by atoms with van der Waals surface area (Å²) in [5.41, 5.74) is 2.17. The molecule has 1 fully saturated rings. The Labute approximate surface area is 132 Å². The van der Waals surface area contributed by atoms with E-state index in [4.69, 9.17) is 0 Å². The lowest BCUT2D eigenvalue weighted by atomic mass is 9.99. The van der Waals surface area contributed by atoms with Crippen LogP contribution in [-0.2, 0) is 16.0 Å². The maximum atomic E-state index is 12.6. The van der Waals surface area contributed by atoms with E-state index in [1.54, 1.807) is 4.90 Å². The second kappa shape index (κ2) is 6.11. The Bertz CT molecular complexity index is 576. The van der Waals surface area contributed by atoms with Crippen molar-refractivity contribution in [2.75, 3.05) is 18.0 Å². The van der Waals surface area contributed by atoms with E-state index >= 15 is 0 Å². The van der Waals surface area contributed by atoms with Crippen LogP contribution in [0.4, 0.5) is 5.69 Å². The molecule has 1 atom stereocenters. The number of carbonyl (C=O) groups excluding carboxylic acids is 2. The van der Waals surface area contributed by atoms with Gasteiger partial charge in [0.2, 0.25) is 11.8 Å². The molecule has 2 amide bonds. The average Bonchev–Trinajstić information content (AvgIpc) is 2.83. The minimum absolute atomic E-state index is 0.00689. The molecule has 0 N–H and O–H groups in total. The third-order valence-electron chi connectivity index (χ3n) is 4.91. The minimum atomic E-state index is -0.0685. The first-order chi connectivity index (χ1) is 10.6. The smallest absolute Gasteiger partial charge is 0.236 e. The molecule has 22 heavy (non-hydrogen) atoms. The quantitative estimate of drug-likeness (QED) is 0.788. The maximum absolute atomic E-state index is 12.6. The van der Waals surface area contributed by atoms with Crippen LogP contribution < -0.4 is 4.90 Å². The number of anilines is 1. The fourth-order valence-electron chi connectivity index (χ4n) is 3.53.